The highest BCUT2D eigenvalue weighted by molar-refractivity contribution is 5.82. The molecule has 0 spiro atoms. The Morgan fingerprint density at radius 2 is 2.22 bits per heavy atom. The van der Waals surface area contributed by atoms with Gasteiger partial charge in [-0.1, -0.05) is 13.8 Å². The second-order valence-corrected chi connectivity index (χ2v) is 4.42. The predicted molar refractivity (Wildman–Crippen MR) is 64.8 cm³/mol. The first-order valence-electron chi connectivity index (χ1n) is 5.73. The fourth-order valence-corrected chi connectivity index (χ4v) is 1.46. The van der Waals surface area contributed by atoms with Crippen LogP contribution in [0.2, 0.25) is 0 Å². The van der Waals surface area contributed by atoms with Gasteiger partial charge in [-0.3, -0.25) is 0 Å². The van der Waals surface area contributed by atoms with Crippen LogP contribution in [-0.2, 0) is 11.3 Å². The van der Waals surface area contributed by atoms with E-state index in [-0.39, 0.29) is 12.5 Å². The lowest BCUT2D eigenvalue weighted by atomic mass is 10.0. The molecule has 0 radical (unpaired) electrons. The first-order valence-corrected chi connectivity index (χ1v) is 5.73. The number of amides is 2. The van der Waals surface area contributed by atoms with Crippen molar-refractivity contribution in [2.24, 2.45) is 5.92 Å². The summed E-state index contributed by atoms with van der Waals surface area (Å²) in [6, 6.07) is -1.37. The Balaban J connectivity index is 2.39. The summed E-state index contributed by atoms with van der Waals surface area (Å²) in [4.78, 5) is 29.1. The maximum atomic E-state index is 11.5. The summed E-state index contributed by atoms with van der Waals surface area (Å²) in [5, 5.41) is 13.9. The maximum Gasteiger partial charge on any atom is 0.326 e. The van der Waals surface area contributed by atoms with E-state index in [0.717, 1.165) is 5.69 Å². The van der Waals surface area contributed by atoms with Crippen molar-refractivity contribution < 1.29 is 14.7 Å². The summed E-state index contributed by atoms with van der Waals surface area (Å²) in [5.74, 6) is -0.834. The van der Waals surface area contributed by atoms with Gasteiger partial charge in [0.05, 0.1) is 18.6 Å². The molecule has 0 aliphatic carbocycles. The van der Waals surface area contributed by atoms with Gasteiger partial charge in [-0.15, -0.1) is 0 Å². The van der Waals surface area contributed by atoms with Crippen molar-refractivity contribution in [3.8, 4) is 0 Å². The molecular formula is C11H18N4O3. The number of nitrogens with one attached hydrogen (secondary N) is 3. The number of carboxylic acid groups (broad SMARTS) is 1. The zero-order valence-corrected chi connectivity index (χ0v) is 10.4. The number of aromatic nitrogens is 2. The average Bonchev–Trinajstić information content (AvgIpc) is 2.77. The molecule has 18 heavy (non-hydrogen) atoms. The number of carbonyl (C=O) groups excluding carboxylic acids is 1. The standard InChI is InChI=1S/C11H18N4O3/c1-7(2)3-9(10(16)17)15-11(18)13-5-8-4-12-6-14-8/h4,6-7,9H,3,5H2,1-2H3,(H,12,14)(H,16,17)(H2,13,15,18)/t9-/m0/s1. The van der Waals surface area contributed by atoms with E-state index in [1.165, 1.54) is 6.33 Å². The van der Waals surface area contributed by atoms with Crippen LogP contribution >= 0.6 is 0 Å². The van der Waals surface area contributed by atoms with Gasteiger partial charge >= 0.3 is 12.0 Å². The molecule has 0 aliphatic heterocycles. The van der Waals surface area contributed by atoms with Gasteiger partial charge < -0.3 is 20.7 Å². The zero-order valence-electron chi connectivity index (χ0n) is 10.4. The molecule has 7 nitrogen and oxygen atoms in total. The minimum absolute atomic E-state index is 0.194. The monoisotopic (exact) mass is 254 g/mol. The number of nitrogens with zero attached hydrogens (tertiary/aromatic N) is 1. The number of aromatic amines is 1. The van der Waals surface area contributed by atoms with Gasteiger partial charge in [0.25, 0.3) is 0 Å². The maximum absolute atomic E-state index is 11.5. The summed E-state index contributed by atoms with van der Waals surface area (Å²) < 4.78 is 0. The van der Waals surface area contributed by atoms with Gasteiger partial charge in [0.1, 0.15) is 6.04 Å². The van der Waals surface area contributed by atoms with Crippen LogP contribution in [0.4, 0.5) is 4.79 Å². The van der Waals surface area contributed by atoms with Crippen LogP contribution in [-0.4, -0.2) is 33.1 Å². The molecule has 7 heteroatoms. The smallest absolute Gasteiger partial charge is 0.326 e. The van der Waals surface area contributed by atoms with Crippen LogP contribution in [0.5, 0.6) is 0 Å². The molecule has 0 saturated carbocycles. The number of imidazole rings is 1. The van der Waals surface area contributed by atoms with Gasteiger partial charge in [0, 0.05) is 6.20 Å². The van der Waals surface area contributed by atoms with Crippen molar-refractivity contribution >= 4 is 12.0 Å². The summed E-state index contributed by atoms with van der Waals surface area (Å²) in [6.45, 7) is 4.08. The molecular weight excluding hydrogens is 236 g/mol. The summed E-state index contributed by atoms with van der Waals surface area (Å²) in [6.07, 6.45) is 3.49. The minimum atomic E-state index is -1.03. The van der Waals surface area contributed by atoms with Crippen molar-refractivity contribution in [2.75, 3.05) is 0 Å². The normalized spacial score (nSPS) is 12.2. The van der Waals surface area contributed by atoms with Crippen LogP contribution in [0, 0.1) is 5.92 Å². The van der Waals surface area contributed by atoms with Crippen LogP contribution in [0.15, 0.2) is 12.5 Å². The van der Waals surface area contributed by atoms with Crippen molar-refractivity contribution in [1.82, 2.24) is 20.6 Å². The lowest BCUT2D eigenvalue weighted by Gasteiger charge is -2.16. The highest BCUT2D eigenvalue weighted by Gasteiger charge is 2.20. The fraction of sp³-hybridized carbons (Fsp3) is 0.545. The molecule has 4 N–H and O–H groups in total. The van der Waals surface area contributed by atoms with E-state index < -0.39 is 18.0 Å². The van der Waals surface area contributed by atoms with Gasteiger partial charge in [-0.05, 0) is 12.3 Å². The number of hydrogen-bond donors (Lipinski definition) is 4. The molecule has 1 atom stereocenters. The van der Waals surface area contributed by atoms with Gasteiger partial charge in [-0.25, -0.2) is 14.6 Å². The highest BCUT2D eigenvalue weighted by Crippen LogP contribution is 2.04. The van der Waals surface area contributed by atoms with Crippen molar-refractivity contribution in [1.29, 1.82) is 0 Å². The molecule has 0 unspecified atom stereocenters. The van der Waals surface area contributed by atoms with Gasteiger partial charge in [-0.2, -0.15) is 0 Å². The molecule has 1 aromatic heterocycles. The Morgan fingerprint density at radius 3 is 2.72 bits per heavy atom. The van der Waals surface area contributed by atoms with E-state index >= 15 is 0 Å². The lowest BCUT2D eigenvalue weighted by Crippen LogP contribution is -2.46. The third-order valence-corrected chi connectivity index (χ3v) is 2.30. The van der Waals surface area contributed by atoms with E-state index in [1.807, 2.05) is 13.8 Å². The van der Waals surface area contributed by atoms with E-state index in [1.54, 1.807) is 6.20 Å². The second kappa shape index (κ2) is 6.63. The lowest BCUT2D eigenvalue weighted by molar-refractivity contribution is -0.139. The first kappa shape index (κ1) is 14.0. The van der Waals surface area contributed by atoms with Crippen molar-refractivity contribution in [2.45, 2.75) is 32.9 Å². The van der Waals surface area contributed by atoms with Crippen molar-refractivity contribution in [3.63, 3.8) is 0 Å². The molecule has 0 aromatic carbocycles. The number of urea groups is 1. The largest absolute Gasteiger partial charge is 0.480 e. The zero-order chi connectivity index (χ0) is 13.5. The summed E-state index contributed by atoms with van der Waals surface area (Å²) in [5.41, 5.74) is 0.751. The van der Waals surface area contributed by atoms with Crippen LogP contribution in [0.3, 0.4) is 0 Å². The molecule has 0 aliphatic rings. The molecule has 0 bridgehead atoms. The summed E-state index contributed by atoms with van der Waals surface area (Å²) >= 11 is 0. The quantitative estimate of drug-likeness (QED) is 0.599. The SMILES string of the molecule is CC(C)C[C@H](NC(=O)NCc1cnc[nH]1)C(=O)O. The Hall–Kier alpha value is -2.05. The molecule has 1 heterocycles. The van der Waals surface area contributed by atoms with Crippen LogP contribution in [0.25, 0.3) is 0 Å². The average molecular weight is 254 g/mol. The molecule has 0 fully saturated rings. The molecule has 0 saturated heterocycles. The number of carbonyl (C=O) groups is 2. The molecule has 2 amide bonds. The van der Waals surface area contributed by atoms with Crippen molar-refractivity contribution in [3.05, 3.63) is 18.2 Å². The van der Waals surface area contributed by atoms with E-state index in [2.05, 4.69) is 20.6 Å². The Labute approximate surface area is 105 Å². The van der Waals surface area contributed by atoms with Gasteiger partial charge in [0.15, 0.2) is 0 Å². The Morgan fingerprint density at radius 1 is 1.50 bits per heavy atom. The van der Waals surface area contributed by atoms with Crippen LogP contribution < -0.4 is 10.6 Å². The van der Waals surface area contributed by atoms with E-state index in [9.17, 15) is 9.59 Å². The third-order valence-electron chi connectivity index (χ3n) is 2.30. The third kappa shape index (κ3) is 4.86. The Kier molecular flexibility index (Phi) is 5.16. The number of H-pyrrole nitrogens is 1. The Bertz CT molecular complexity index is 389. The van der Waals surface area contributed by atoms with Crippen LogP contribution in [0.1, 0.15) is 26.0 Å². The van der Waals surface area contributed by atoms with Gasteiger partial charge in [0.2, 0.25) is 0 Å². The predicted octanol–water partition coefficient (Wildman–Crippen LogP) is 0.708. The number of aliphatic carboxylic acids is 1. The number of rotatable bonds is 6. The second-order valence-electron chi connectivity index (χ2n) is 4.42. The fourth-order valence-electron chi connectivity index (χ4n) is 1.46. The number of carboxylic acids is 1. The van der Waals surface area contributed by atoms with E-state index in [4.69, 9.17) is 5.11 Å². The summed E-state index contributed by atoms with van der Waals surface area (Å²) in [7, 11) is 0. The molecule has 100 valence electrons. The highest BCUT2D eigenvalue weighted by atomic mass is 16.4. The molecule has 1 rings (SSSR count). The minimum Gasteiger partial charge on any atom is -0.480 e. The number of hydrogen-bond acceptors (Lipinski definition) is 3. The topological polar surface area (TPSA) is 107 Å². The first-order chi connectivity index (χ1) is 8.49. The van der Waals surface area contributed by atoms with E-state index in [0.29, 0.717) is 6.42 Å². The molecule has 1 aromatic rings.